The van der Waals surface area contributed by atoms with Gasteiger partial charge in [0.15, 0.2) is 0 Å². The van der Waals surface area contributed by atoms with Gasteiger partial charge in [0.25, 0.3) is 0 Å². The van der Waals surface area contributed by atoms with E-state index in [0.29, 0.717) is 6.04 Å². The summed E-state index contributed by atoms with van der Waals surface area (Å²) >= 11 is 1.93. The van der Waals surface area contributed by atoms with E-state index in [2.05, 4.69) is 33.0 Å². The quantitative estimate of drug-likeness (QED) is 0.901. The molecule has 0 aromatic carbocycles. The Morgan fingerprint density at radius 3 is 2.88 bits per heavy atom. The zero-order valence-corrected chi connectivity index (χ0v) is 15.8. The molecule has 0 radical (unpaired) electrons. The van der Waals surface area contributed by atoms with Crippen LogP contribution in [-0.4, -0.2) is 39.1 Å². The lowest BCUT2D eigenvalue weighted by Crippen LogP contribution is -2.46. The molecule has 1 saturated heterocycles. The molecule has 1 aliphatic heterocycles. The summed E-state index contributed by atoms with van der Waals surface area (Å²) in [7, 11) is 2.08. The van der Waals surface area contributed by atoms with Crippen molar-refractivity contribution in [1.82, 2.24) is 24.8 Å². The highest BCUT2D eigenvalue weighted by molar-refractivity contribution is 7.11. The smallest absolute Gasteiger partial charge is 0.127 e. The zero-order chi connectivity index (χ0) is 15.6. The summed E-state index contributed by atoms with van der Waals surface area (Å²) < 4.78 is 2.14. The summed E-state index contributed by atoms with van der Waals surface area (Å²) in [6.07, 6.45) is 11.4. The molecule has 0 amide bonds. The first kappa shape index (κ1) is 17.9. The minimum atomic E-state index is 0. The molecule has 2 fully saturated rings. The van der Waals surface area contributed by atoms with Crippen LogP contribution >= 0.6 is 23.7 Å². The fraction of sp³-hybridized carbons (Fsp3) is 0.647. The lowest BCUT2D eigenvalue weighted by Gasteiger charge is -2.35. The Kier molecular flexibility index (Phi) is 5.92. The van der Waals surface area contributed by atoms with Crippen molar-refractivity contribution in [2.45, 2.75) is 44.2 Å². The van der Waals surface area contributed by atoms with E-state index in [1.54, 1.807) is 0 Å². The van der Waals surface area contributed by atoms with Gasteiger partial charge in [-0.15, -0.1) is 23.7 Å². The van der Waals surface area contributed by atoms with E-state index in [9.17, 15) is 0 Å². The second kappa shape index (κ2) is 7.95. The molecule has 4 rings (SSSR count). The van der Waals surface area contributed by atoms with Gasteiger partial charge in [0.2, 0.25) is 0 Å². The first-order chi connectivity index (χ1) is 11.3. The number of nitrogens with one attached hydrogen (secondary N) is 1. The molecule has 5 nitrogen and oxygen atoms in total. The van der Waals surface area contributed by atoms with E-state index in [-0.39, 0.29) is 12.4 Å². The normalized spacial score (nSPS) is 22.6. The number of hydrogen-bond acceptors (Lipinski definition) is 5. The van der Waals surface area contributed by atoms with E-state index in [1.807, 2.05) is 23.7 Å². The lowest BCUT2D eigenvalue weighted by molar-refractivity contribution is 0.146. The molecule has 1 saturated carbocycles. The lowest BCUT2D eigenvalue weighted by atomic mass is 10.1. The molecule has 1 atom stereocenters. The van der Waals surface area contributed by atoms with E-state index in [1.165, 1.54) is 35.6 Å². The number of thiazole rings is 1. The summed E-state index contributed by atoms with van der Waals surface area (Å²) in [5.74, 6) is 1.87. The van der Waals surface area contributed by atoms with Crippen LogP contribution in [0.5, 0.6) is 0 Å². The molecule has 24 heavy (non-hydrogen) atoms. The van der Waals surface area contributed by atoms with Gasteiger partial charge >= 0.3 is 0 Å². The summed E-state index contributed by atoms with van der Waals surface area (Å²) in [5, 5.41) is 4.87. The maximum atomic E-state index is 4.72. The van der Waals surface area contributed by atoms with Crippen molar-refractivity contribution in [3.8, 4) is 0 Å². The minimum absolute atomic E-state index is 0. The predicted octanol–water partition coefficient (Wildman–Crippen LogP) is 3.10. The highest BCUT2D eigenvalue weighted by atomic mass is 35.5. The fourth-order valence-electron chi connectivity index (χ4n) is 3.85. The van der Waals surface area contributed by atoms with Crippen LogP contribution in [0.25, 0.3) is 0 Å². The molecule has 1 N–H and O–H groups in total. The molecule has 2 aromatic heterocycles. The van der Waals surface area contributed by atoms with Crippen LogP contribution in [-0.2, 0) is 13.6 Å². The molecule has 3 heterocycles. The van der Waals surface area contributed by atoms with Gasteiger partial charge in [-0.05, 0) is 12.8 Å². The Bertz CT molecular complexity index is 649. The molecule has 7 heteroatoms. The highest BCUT2D eigenvalue weighted by Crippen LogP contribution is 2.36. The van der Waals surface area contributed by atoms with E-state index in [4.69, 9.17) is 4.98 Å². The van der Waals surface area contributed by atoms with E-state index >= 15 is 0 Å². The molecule has 0 bridgehead atoms. The molecule has 2 aliphatic rings. The van der Waals surface area contributed by atoms with Gasteiger partial charge in [-0.2, -0.15) is 0 Å². The Labute approximate surface area is 153 Å². The Morgan fingerprint density at radius 1 is 1.29 bits per heavy atom. The first-order valence-electron chi connectivity index (χ1n) is 8.68. The second-order valence-corrected chi connectivity index (χ2v) is 7.88. The monoisotopic (exact) mass is 367 g/mol. The minimum Gasteiger partial charge on any atom is -0.337 e. The van der Waals surface area contributed by atoms with Crippen LogP contribution in [0.3, 0.4) is 0 Å². The number of aryl methyl sites for hydroxylation is 1. The average molecular weight is 368 g/mol. The number of rotatable bonds is 4. The van der Waals surface area contributed by atoms with Crippen molar-refractivity contribution in [2.75, 3.05) is 19.6 Å². The molecule has 0 spiro atoms. The van der Waals surface area contributed by atoms with Gasteiger partial charge < -0.3 is 9.88 Å². The van der Waals surface area contributed by atoms with E-state index < -0.39 is 0 Å². The summed E-state index contributed by atoms with van der Waals surface area (Å²) in [6.45, 7) is 4.08. The predicted molar refractivity (Wildman–Crippen MR) is 99.8 cm³/mol. The molecular weight excluding hydrogens is 342 g/mol. The van der Waals surface area contributed by atoms with Gasteiger partial charge in [-0.3, -0.25) is 4.90 Å². The third kappa shape index (κ3) is 3.67. The van der Waals surface area contributed by atoms with Crippen molar-refractivity contribution in [1.29, 1.82) is 0 Å². The topological polar surface area (TPSA) is 46.0 Å². The maximum absolute atomic E-state index is 4.72. The second-order valence-electron chi connectivity index (χ2n) is 6.73. The fourth-order valence-corrected chi connectivity index (χ4v) is 4.96. The summed E-state index contributed by atoms with van der Waals surface area (Å²) in [5.41, 5.74) is 0. The molecular formula is C17H26ClN5S. The van der Waals surface area contributed by atoms with Crippen LogP contribution in [0.1, 0.15) is 53.4 Å². The third-order valence-electron chi connectivity index (χ3n) is 5.15. The number of piperazine rings is 1. The van der Waals surface area contributed by atoms with Crippen LogP contribution in [0, 0.1) is 0 Å². The Hall–Kier alpha value is -0.950. The highest BCUT2D eigenvalue weighted by Gasteiger charge is 2.28. The average Bonchev–Trinajstić information content (AvgIpc) is 3.29. The standard InChI is InChI=1S/C17H25N5S.ClH/c1-21-8-7-19-16(21)15-11-18-6-9-22(15)12-14-10-20-17(23-14)13-4-2-3-5-13;/h7-8,10,13,15,18H,2-6,9,11-12H2,1H3;1H. The largest absolute Gasteiger partial charge is 0.337 e. The van der Waals surface area contributed by atoms with Gasteiger partial charge in [0.05, 0.1) is 11.0 Å². The number of aromatic nitrogens is 3. The van der Waals surface area contributed by atoms with Crippen LogP contribution in [0.2, 0.25) is 0 Å². The Morgan fingerprint density at radius 2 is 2.12 bits per heavy atom. The van der Waals surface area contributed by atoms with Crippen LogP contribution in [0.4, 0.5) is 0 Å². The van der Waals surface area contributed by atoms with Crippen molar-refractivity contribution in [3.63, 3.8) is 0 Å². The molecule has 1 aliphatic carbocycles. The number of nitrogens with zero attached hydrogens (tertiary/aromatic N) is 4. The molecule has 132 valence electrons. The van der Waals surface area contributed by atoms with Crippen molar-refractivity contribution >= 4 is 23.7 Å². The van der Waals surface area contributed by atoms with Crippen molar-refractivity contribution < 1.29 is 0 Å². The van der Waals surface area contributed by atoms with Crippen molar-refractivity contribution in [2.24, 2.45) is 7.05 Å². The zero-order valence-electron chi connectivity index (χ0n) is 14.1. The maximum Gasteiger partial charge on any atom is 0.127 e. The van der Waals surface area contributed by atoms with Crippen LogP contribution < -0.4 is 5.32 Å². The van der Waals surface area contributed by atoms with Gasteiger partial charge in [0, 0.05) is 62.6 Å². The summed E-state index contributed by atoms with van der Waals surface area (Å²) in [4.78, 5) is 13.2. The first-order valence-corrected chi connectivity index (χ1v) is 9.49. The number of hydrogen-bond donors (Lipinski definition) is 1. The summed E-state index contributed by atoms with van der Waals surface area (Å²) in [6, 6.07) is 0.348. The SMILES string of the molecule is Cl.Cn1ccnc1C1CNCCN1Cc1cnc(C2CCCC2)s1. The van der Waals surface area contributed by atoms with E-state index in [0.717, 1.165) is 37.9 Å². The Balaban J connectivity index is 0.00000169. The van der Waals surface area contributed by atoms with Crippen molar-refractivity contribution in [3.05, 3.63) is 34.3 Å². The molecule has 2 aromatic rings. The number of halogens is 1. The molecule has 1 unspecified atom stereocenters. The van der Waals surface area contributed by atoms with Gasteiger partial charge in [0.1, 0.15) is 5.82 Å². The van der Waals surface area contributed by atoms with Gasteiger partial charge in [-0.1, -0.05) is 12.8 Å². The third-order valence-corrected chi connectivity index (χ3v) is 6.29. The van der Waals surface area contributed by atoms with Crippen LogP contribution in [0.15, 0.2) is 18.6 Å². The number of imidazole rings is 1. The van der Waals surface area contributed by atoms with Gasteiger partial charge in [-0.25, -0.2) is 9.97 Å².